The first kappa shape index (κ1) is 17.7. The van der Waals surface area contributed by atoms with E-state index in [0.29, 0.717) is 19.0 Å². The van der Waals surface area contributed by atoms with Gasteiger partial charge in [0.25, 0.3) is 0 Å². The van der Waals surface area contributed by atoms with Gasteiger partial charge >= 0.3 is 0 Å². The third kappa shape index (κ3) is 4.72. The van der Waals surface area contributed by atoms with Crippen molar-refractivity contribution in [3.8, 4) is 5.75 Å². The van der Waals surface area contributed by atoms with E-state index in [-0.39, 0.29) is 0 Å². The van der Waals surface area contributed by atoms with Crippen LogP contribution in [0.2, 0.25) is 0 Å². The average molecular weight is 348 g/mol. The predicted molar refractivity (Wildman–Crippen MR) is 106 cm³/mol. The second-order valence-corrected chi connectivity index (χ2v) is 6.08. The Labute approximate surface area is 154 Å². The molecule has 0 fully saturated rings. The topological polar surface area (TPSA) is 59.1 Å². The summed E-state index contributed by atoms with van der Waals surface area (Å²) in [6.07, 6.45) is 0. The van der Waals surface area contributed by atoms with Crippen molar-refractivity contribution in [3.63, 3.8) is 0 Å². The lowest BCUT2D eigenvalue weighted by molar-refractivity contribution is 0.342. The number of ether oxygens (including phenoxy) is 1. The van der Waals surface area contributed by atoms with E-state index in [1.54, 1.807) is 0 Å². The van der Waals surface area contributed by atoms with E-state index < -0.39 is 0 Å². The van der Waals surface area contributed by atoms with Gasteiger partial charge in [0.1, 0.15) is 23.2 Å². The fraction of sp³-hybridized carbons (Fsp3) is 0.238. The minimum absolute atomic E-state index is 0.616. The van der Waals surface area contributed by atoms with E-state index in [1.807, 2.05) is 44.2 Å². The number of hydrogen-bond acceptors (Lipinski definition) is 5. The highest BCUT2D eigenvalue weighted by atomic mass is 16.5. The first-order valence-electron chi connectivity index (χ1n) is 8.78. The molecule has 3 aromatic rings. The van der Waals surface area contributed by atoms with Crippen LogP contribution in [0.4, 0.5) is 17.3 Å². The molecular formula is C21H24N4O. The van der Waals surface area contributed by atoms with Gasteiger partial charge in [0.05, 0.1) is 12.3 Å². The molecule has 2 N–H and O–H groups in total. The number of rotatable bonds is 7. The molecule has 0 bridgehead atoms. The fourth-order valence-corrected chi connectivity index (χ4v) is 2.61. The predicted octanol–water partition coefficient (Wildman–Crippen LogP) is 4.85. The van der Waals surface area contributed by atoms with Gasteiger partial charge in [0, 0.05) is 12.6 Å². The molecule has 0 atom stereocenters. The Morgan fingerprint density at radius 3 is 2.42 bits per heavy atom. The highest BCUT2D eigenvalue weighted by molar-refractivity contribution is 5.65. The number of aryl methyl sites for hydroxylation is 2. The van der Waals surface area contributed by atoms with Gasteiger partial charge in [-0.1, -0.05) is 42.0 Å². The zero-order chi connectivity index (χ0) is 18.4. The molecule has 0 spiro atoms. The van der Waals surface area contributed by atoms with Crippen LogP contribution >= 0.6 is 0 Å². The van der Waals surface area contributed by atoms with Crippen LogP contribution < -0.4 is 15.4 Å². The van der Waals surface area contributed by atoms with Crippen LogP contribution in [0.15, 0.2) is 54.6 Å². The summed E-state index contributed by atoms with van der Waals surface area (Å²) in [5.41, 5.74) is 3.35. The Bertz CT molecular complexity index is 862. The minimum atomic E-state index is 0.616. The molecule has 134 valence electrons. The molecule has 0 unspecified atom stereocenters. The van der Waals surface area contributed by atoms with Crippen LogP contribution in [0.3, 0.4) is 0 Å². The van der Waals surface area contributed by atoms with Crippen LogP contribution in [-0.2, 0) is 6.54 Å². The maximum absolute atomic E-state index is 5.66. The van der Waals surface area contributed by atoms with Crippen LogP contribution in [0.1, 0.15) is 23.9 Å². The van der Waals surface area contributed by atoms with Crippen LogP contribution in [0, 0.1) is 13.8 Å². The van der Waals surface area contributed by atoms with Gasteiger partial charge in [-0.3, -0.25) is 0 Å². The summed E-state index contributed by atoms with van der Waals surface area (Å²) in [6, 6.07) is 18.2. The zero-order valence-corrected chi connectivity index (χ0v) is 15.4. The summed E-state index contributed by atoms with van der Waals surface area (Å²) in [6.45, 7) is 7.27. The van der Waals surface area contributed by atoms with E-state index in [2.05, 4.69) is 51.8 Å². The van der Waals surface area contributed by atoms with Crippen molar-refractivity contribution in [2.75, 3.05) is 17.2 Å². The minimum Gasteiger partial charge on any atom is -0.492 e. The molecule has 0 amide bonds. The van der Waals surface area contributed by atoms with Crippen molar-refractivity contribution in [2.45, 2.75) is 27.3 Å². The zero-order valence-electron chi connectivity index (χ0n) is 15.4. The van der Waals surface area contributed by atoms with Gasteiger partial charge in [0.15, 0.2) is 0 Å². The molecule has 0 aliphatic rings. The van der Waals surface area contributed by atoms with Gasteiger partial charge in [0.2, 0.25) is 0 Å². The first-order valence-corrected chi connectivity index (χ1v) is 8.78. The van der Waals surface area contributed by atoms with Crippen molar-refractivity contribution in [2.24, 2.45) is 0 Å². The second kappa shape index (κ2) is 8.34. The second-order valence-electron chi connectivity index (χ2n) is 6.08. The molecule has 2 aromatic carbocycles. The standard InChI is InChI=1S/C21H24N4O/c1-4-26-19-8-6-5-7-18(19)25-21-13-20(23-16(3)24-21)22-14-17-11-9-15(2)10-12-17/h5-13H,4,14H2,1-3H3,(H2,22,23,24,25). The van der Waals surface area contributed by atoms with E-state index >= 15 is 0 Å². The van der Waals surface area contributed by atoms with Gasteiger partial charge < -0.3 is 15.4 Å². The van der Waals surface area contributed by atoms with Gasteiger partial charge in [-0.25, -0.2) is 9.97 Å². The Hall–Kier alpha value is -3.08. The lowest BCUT2D eigenvalue weighted by Gasteiger charge is -2.13. The number of aromatic nitrogens is 2. The van der Waals surface area contributed by atoms with E-state index in [0.717, 1.165) is 23.1 Å². The summed E-state index contributed by atoms with van der Waals surface area (Å²) >= 11 is 0. The van der Waals surface area contributed by atoms with Crippen molar-refractivity contribution >= 4 is 17.3 Å². The number of anilines is 3. The van der Waals surface area contributed by atoms with Crippen LogP contribution in [-0.4, -0.2) is 16.6 Å². The molecule has 1 aromatic heterocycles. The first-order chi connectivity index (χ1) is 12.6. The molecule has 5 nitrogen and oxygen atoms in total. The third-order valence-corrected chi connectivity index (χ3v) is 3.88. The van der Waals surface area contributed by atoms with E-state index in [1.165, 1.54) is 11.1 Å². The number of benzene rings is 2. The Balaban J connectivity index is 1.74. The highest BCUT2D eigenvalue weighted by Crippen LogP contribution is 2.27. The van der Waals surface area contributed by atoms with E-state index in [9.17, 15) is 0 Å². The summed E-state index contributed by atoms with van der Waals surface area (Å²) in [7, 11) is 0. The maximum Gasteiger partial charge on any atom is 0.142 e. The molecule has 0 radical (unpaired) electrons. The number of nitrogens with one attached hydrogen (secondary N) is 2. The Morgan fingerprint density at radius 2 is 1.65 bits per heavy atom. The summed E-state index contributed by atoms with van der Waals surface area (Å²) < 4.78 is 5.66. The molecule has 0 aliphatic carbocycles. The molecule has 26 heavy (non-hydrogen) atoms. The maximum atomic E-state index is 5.66. The van der Waals surface area contributed by atoms with Crippen LogP contribution in [0.25, 0.3) is 0 Å². The molecule has 1 heterocycles. The van der Waals surface area contributed by atoms with Gasteiger partial charge in [-0.15, -0.1) is 0 Å². The molecule has 0 saturated carbocycles. The normalized spacial score (nSPS) is 10.4. The lowest BCUT2D eigenvalue weighted by atomic mass is 10.1. The monoisotopic (exact) mass is 348 g/mol. The summed E-state index contributed by atoms with van der Waals surface area (Å²) in [5.74, 6) is 3.03. The Morgan fingerprint density at radius 1 is 0.923 bits per heavy atom. The average Bonchev–Trinajstić information content (AvgIpc) is 2.63. The molecular weight excluding hydrogens is 324 g/mol. The molecule has 0 saturated heterocycles. The van der Waals surface area contributed by atoms with Crippen molar-refractivity contribution < 1.29 is 4.74 Å². The largest absolute Gasteiger partial charge is 0.492 e. The number of hydrogen-bond donors (Lipinski definition) is 2. The highest BCUT2D eigenvalue weighted by Gasteiger charge is 2.06. The van der Waals surface area contributed by atoms with Crippen molar-refractivity contribution in [1.82, 2.24) is 9.97 Å². The molecule has 3 rings (SSSR count). The van der Waals surface area contributed by atoms with Gasteiger partial charge in [-0.2, -0.15) is 0 Å². The van der Waals surface area contributed by atoms with Crippen LogP contribution in [0.5, 0.6) is 5.75 Å². The van der Waals surface area contributed by atoms with Crippen molar-refractivity contribution in [3.05, 3.63) is 71.5 Å². The smallest absolute Gasteiger partial charge is 0.142 e. The summed E-state index contributed by atoms with van der Waals surface area (Å²) in [4.78, 5) is 8.95. The van der Waals surface area contributed by atoms with Gasteiger partial charge in [-0.05, 0) is 38.5 Å². The number of para-hydroxylation sites is 2. The molecule has 0 aliphatic heterocycles. The molecule has 5 heteroatoms. The lowest BCUT2D eigenvalue weighted by Crippen LogP contribution is -2.05. The Kier molecular flexibility index (Phi) is 5.69. The summed E-state index contributed by atoms with van der Waals surface area (Å²) in [5, 5.41) is 6.69. The van der Waals surface area contributed by atoms with Crippen molar-refractivity contribution in [1.29, 1.82) is 0 Å². The fourth-order valence-electron chi connectivity index (χ4n) is 2.61. The third-order valence-electron chi connectivity index (χ3n) is 3.88. The quantitative estimate of drug-likeness (QED) is 0.639. The number of nitrogens with zero attached hydrogens (tertiary/aromatic N) is 2. The SMILES string of the molecule is CCOc1ccccc1Nc1cc(NCc2ccc(C)cc2)nc(C)n1. The van der Waals surface area contributed by atoms with E-state index in [4.69, 9.17) is 4.74 Å².